The molecule has 2 rings (SSSR count). The zero-order valence-corrected chi connectivity index (χ0v) is 8.60. The van der Waals surface area contributed by atoms with Gasteiger partial charge in [0, 0.05) is 0 Å². The molecule has 0 atom stereocenters. The number of hydrogen-bond acceptors (Lipinski definition) is 4. The lowest BCUT2D eigenvalue weighted by molar-refractivity contribution is 0.518. The van der Waals surface area contributed by atoms with Crippen molar-refractivity contribution in [2.24, 2.45) is 0 Å². The molecule has 1 aromatic heterocycles. The van der Waals surface area contributed by atoms with Crippen LogP contribution in [0.2, 0.25) is 0 Å². The molecule has 0 saturated heterocycles. The summed E-state index contributed by atoms with van der Waals surface area (Å²) in [6, 6.07) is 10.9. The molecule has 80 valence electrons. The number of hydrogen-bond donors (Lipinski definition) is 2. The Kier molecular flexibility index (Phi) is 2.79. The molecule has 1 aromatic carbocycles. The number of furan rings is 1. The largest absolute Gasteiger partial charge is 0.467 e. The van der Waals surface area contributed by atoms with Crippen molar-refractivity contribution in [1.29, 1.82) is 5.26 Å². The van der Waals surface area contributed by atoms with Gasteiger partial charge in [0.15, 0.2) is 0 Å². The van der Waals surface area contributed by atoms with Crippen molar-refractivity contribution in [3.63, 3.8) is 0 Å². The predicted octanol–water partition coefficient (Wildman–Crippen LogP) is 2.35. The molecule has 16 heavy (non-hydrogen) atoms. The first-order valence-electron chi connectivity index (χ1n) is 4.85. The fourth-order valence-corrected chi connectivity index (χ4v) is 1.39. The molecule has 4 heteroatoms. The Morgan fingerprint density at radius 1 is 1.38 bits per heavy atom. The third kappa shape index (κ3) is 2.15. The summed E-state index contributed by atoms with van der Waals surface area (Å²) in [5, 5.41) is 11.8. The van der Waals surface area contributed by atoms with E-state index in [2.05, 4.69) is 5.32 Å². The van der Waals surface area contributed by atoms with Crippen LogP contribution in [0.1, 0.15) is 11.3 Å². The van der Waals surface area contributed by atoms with E-state index in [-0.39, 0.29) is 0 Å². The highest BCUT2D eigenvalue weighted by atomic mass is 16.3. The smallest absolute Gasteiger partial charge is 0.122 e. The normalized spacial score (nSPS) is 9.69. The fourth-order valence-electron chi connectivity index (χ4n) is 1.39. The van der Waals surface area contributed by atoms with Crippen molar-refractivity contribution in [1.82, 2.24) is 0 Å². The highest BCUT2D eigenvalue weighted by Gasteiger charge is 2.01. The zero-order chi connectivity index (χ0) is 11.4. The van der Waals surface area contributed by atoms with E-state index in [1.54, 1.807) is 24.5 Å². The zero-order valence-electron chi connectivity index (χ0n) is 8.60. The molecule has 3 N–H and O–H groups in total. The summed E-state index contributed by atoms with van der Waals surface area (Å²) in [7, 11) is 0. The average molecular weight is 213 g/mol. The Balaban J connectivity index is 2.08. The van der Waals surface area contributed by atoms with E-state index in [0.717, 1.165) is 11.4 Å². The second-order valence-corrected chi connectivity index (χ2v) is 3.35. The van der Waals surface area contributed by atoms with Gasteiger partial charge >= 0.3 is 0 Å². The van der Waals surface area contributed by atoms with E-state index in [0.29, 0.717) is 17.8 Å². The molecule has 1 heterocycles. The van der Waals surface area contributed by atoms with Crippen LogP contribution < -0.4 is 11.1 Å². The number of nitriles is 1. The molecule has 0 bridgehead atoms. The molecule has 0 aliphatic heterocycles. The van der Waals surface area contributed by atoms with Crippen LogP contribution in [-0.2, 0) is 6.54 Å². The molecule has 0 fully saturated rings. The Morgan fingerprint density at radius 3 is 2.88 bits per heavy atom. The van der Waals surface area contributed by atoms with Gasteiger partial charge in [-0.15, -0.1) is 0 Å². The van der Waals surface area contributed by atoms with Gasteiger partial charge in [-0.1, -0.05) is 0 Å². The van der Waals surface area contributed by atoms with Gasteiger partial charge in [-0.05, 0) is 30.3 Å². The minimum absolute atomic E-state index is 0.557. The van der Waals surface area contributed by atoms with Crippen molar-refractivity contribution < 1.29 is 4.42 Å². The number of nitrogens with one attached hydrogen (secondary N) is 1. The number of benzene rings is 1. The molecule has 0 unspecified atom stereocenters. The second kappa shape index (κ2) is 4.41. The van der Waals surface area contributed by atoms with Gasteiger partial charge < -0.3 is 15.5 Å². The van der Waals surface area contributed by atoms with Crippen molar-refractivity contribution in [2.45, 2.75) is 6.54 Å². The summed E-state index contributed by atoms with van der Waals surface area (Å²) in [5.74, 6) is 0.837. The Labute approximate surface area is 93.3 Å². The molecule has 0 radical (unpaired) electrons. The predicted molar refractivity (Wildman–Crippen MR) is 61.6 cm³/mol. The topological polar surface area (TPSA) is 75.0 Å². The van der Waals surface area contributed by atoms with Crippen molar-refractivity contribution in [2.75, 3.05) is 11.1 Å². The van der Waals surface area contributed by atoms with Gasteiger partial charge in [0.1, 0.15) is 5.76 Å². The first-order valence-corrected chi connectivity index (χ1v) is 4.85. The van der Waals surface area contributed by atoms with E-state index in [1.807, 2.05) is 18.2 Å². The third-order valence-corrected chi connectivity index (χ3v) is 2.21. The van der Waals surface area contributed by atoms with Gasteiger partial charge in [-0.25, -0.2) is 0 Å². The first kappa shape index (κ1) is 10.1. The summed E-state index contributed by atoms with van der Waals surface area (Å²) >= 11 is 0. The SMILES string of the molecule is N#Cc1ccc(NCc2ccco2)c(N)c1. The number of nitrogens with zero attached hydrogens (tertiary/aromatic N) is 1. The second-order valence-electron chi connectivity index (χ2n) is 3.35. The van der Waals surface area contributed by atoms with E-state index in [1.165, 1.54) is 0 Å². The number of nitrogen functional groups attached to an aromatic ring is 1. The van der Waals surface area contributed by atoms with E-state index >= 15 is 0 Å². The quantitative estimate of drug-likeness (QED) is 0.767. The maximum Gasteiger partial charge on any atom is 0.122 e. The van der Waals surface area contributed by atoms with E-state index in [9.17, 15) is 0 Å². The van der Waals surface area contributed by atoms with Crippen molar-refractivity contribution in [3.8, 4) is 6.07 Å². The van der Waals surface area contributed by atoms with Crippen molar-refractivity contribution in [3.05, 3.63) is 47.9 Å². The lowest BCUT2D eigenvalue weighted by Crippen LogP contribution is -2.01. The van der Waals surface area contributed by atoms with Gasteiger partial charge in [0.2, 0.25) is 0 Å². The molecule has 4 nitrogen and oxygen atoms in total. The standard InChI is InChI=1S/C12H11N3O/c13-7-9-3-4-12(11(14)6-9)15-8-10-2-1-5-16-10/h1-6,15H,8,14H2. The number of rotatable bonds is 3. The van der Waals surface area contributed by atoms with Crippen LogP contribution in [0, 0.1) is 11.3 Å². The minimum Gasteiger partial charge on any atom is -0.467 e. The molecule has 2 aromatic rings. The maximum atomic E-state index is 8.69. The first-order chi connectivity index (χ1) is 7.79. The summed E-state index contributed by atoms with van der Waals surface area (Å²) in [6.45, 7) is 0.573. The van der Waals surface area contributed by atoms with Gasteiger partial charge in [0.25, 0.3) is 0 Å². The van der Waals surface area contributed by atoms with Gasteiger partial charge in [-0.2, -0.15) is 5.26 Å². The van der Waals surface area contributed by atoms with Crippen LogP contribution in [0.15, 0.2) is 41.0 Å². The van der Waals surface area contributed by atoms with Crippen LogP contribution in [0.5, 0.6) is 0 Å². The average Bonchev–Trinajstić information content (AvgIpc) is 2.80. The van der Waals surface area contributed by atoms with Crippen LogP contribution in [0.3, 0.4) is 0 Å². The Morgan fingerprint density at radius 2 is 2.25 bits per heavy atom. The lowest BCUT2D eigenvalue weighted by atomic mass is 10.2. The van der Waals surface area contributed by atoms with Crippen LogP contribution in [-0.4, -0.2) is 0 Å². The summed E-state index contributed by atoms with van der Waals surface area (Å²) in [4.78, 5) is 0. The van der Waals surface area contributed by atoms with Gasteiger partial charge in [-0.3, -0.25) is 0 Å². The number of anilines is 2. The lowest BCUT2D eigenvalue weighted by Gasteiger charge is -2.07. The summed E-state index contributed by atoms with van der Waals surface area (Å²) in [5.41, 5.74) is 7.71. The van der Waals surface area contributed by atoms with E-state index < -0.39 is 0 Å². The Bertz CT molecular complexity index is 512. The molecular weight excluding hydrogens is 202 g/mol. The monoisotopic (exact) mass is 213 g/mol. The summed E-state index contributed by atoms with van der Waals surface area (Å²) in [6.07, 6.45) is 1.62. The molecular formula is C12H11N3O. The van der Waals surface area contributed by atoms with E-state index in [4.69, 9.17) is 15.4 Å². The highest BCUT2D eigenvalue weighted by molar-refractivity contribution is 5.68. The Hall–Kier alpha value is -2.41. The maximum absolute atomic E-state index is 8.69. The summed E-state index contributed by atoms with van der Waals surface area (Å²) < 4.78 is 5.18. The molecule has 0 aliphatic rings. The van der Waals surface area contributed by atoms with Crippen LogP contribution in [0.4, 0.5) is 11.4 Å². The van der Waals surface area contributed by atoms with Crippen LogP contribution >= 0.6 is 0 Å². The molecule has 0 amide bonds. The highest BCUT2D eigenvalue weighted by Crippen LogP contribution is 2.20. The third-order valence-electron chi connectivity index (χ3n) is 2.21. The molecule has 0 spiro atoms. The molecule has 0 aliphatic carbocycles. The van der Waals surface area contributed by atoms with Gasteiger partial charge in [0.05, 0.1) is 35.8 Å². The molecule has 0 saturated carbocycles. The number of nitrogens with two attached hydrogens (primary N) is 1. The minimum atomic E-state index is 0.557. The fraction of sp³-hybridized carbons (Fsp3) is 0.0833. The van der Waals surface area contributed by atoms with Crippen molar-refractivity contribution >= 4 is 11.4 Å². The van der Waals surface area contributed by atoms with Crippen LogP contribution in [0.25, 0.3) is 0 Å².